The van der Waals surface area contributed by atoms with Crippen LogP contribution < -0.4 is 15.4 Å². The summed E-state index contributed by atoms with van der Waals surface area (Å²) < 4.78 is 5.24. The maximum Gasteiger partial charge on any atom is 0.269 e. The van der Waals surface area contributed by atoms with Crippen LogP contribution in [0.15, 0.2) is 30.3 Å². The molecule has 0 spiro atoms. The van der Waals surface area contributed by atoms with Crippen LogP contribution >= 0.6 is 11.3 Å². The molecule has 0 unspecified atom stereocenters. The summed E-state index contributed by atoms with van der Waals surface area (Å²) in [7, 11) is 1.58. The van der Waals surface area contributed by atoms with Crippen molar-refractivity contribution in [3.63, 3.8) is 0 Å². The van der Waals surface area contributed by atoms with Crippen LogP contribution in [0.5, 0.6) is 5.75 Å². The number of ether oxygens (including phenoxy) is 1. The van der Waals surface area contributed by atoms with E-state index >= 15 is 0 Å². The van der Waals surface area contributed by atoms with Gasteiger partial charge >= 0.3 is 0 Å². The fraction of sp³-hybridized carbons (Fsp3) is 0.312. The molecule has 1 aromatic heterocycles. The molecule has 0 fully saturated rings. The molecular weight excluding hydrogens is 284 g/mol. The van der Waals surface area contributed by atoms with Crippen LogP contribution in [0.4, 0.5) is 5.69 Å². The fourth-order valence-corrected chi connectivity index (χ4v) is 2.89. The second-order valence-electron chi connectivity index (χ2n) is 4.69. The van der Waals surface area contributed by atoms with Crippen LogP contribution in [0.1, 0.15) is 27.0 Å². The van der Waals surface area contributed by atoms with Crippen molar-refractivity contribution in [2.45, 2.75) is 20.4 Å². The molecule has 1 amide bonds. The third kappa shape index (κ3) is 4.06. The van der Waals surface area contributed by atoms with Crippen molar-refractivity contribution in [3.8, 4) is 5.75 Å². The van der Waals surface area contributed by atoms with Crippen LogP contribution in [0.3, 0.4) is 0 Å². The predicted octanol–water partition coefficient (Wildman–Crippen LogP) is 3.43. The fourth-order valence-electron chi connectivity index (χ4n) is 2.02. The predicted molar refractivity (Wildman–Crippen MR) is 87.4 cm³/mol. The molecule has 1 aromatic carbocycles. The van der Waals surface area contributed by atoms with Crippen molar-refractivity contribution < 1.29 is 9.53 Å². The second-order valence-corrected chi connectivity index (χ2v) is 5.95. The van der Waals surface area contributed by atoms with E-state index in [0.29, 0.717) is 10.6 Å². The van der Waals surface area contributed by atoms with Crippen molar-refractivity contribution in [2.75, 3.05) is 19.0 Å². The van der Waals surface area contributed by atoms with Gasteiger partial charge in [0.2, 0.25) is 0 Å². The number of hydrogen-bond acceptors (Lipinski definition) is 4. The summed E-state index contributed by atoms with van der Waals surface area (Å²) in [5.41, 5.74) is 1.94. The average Bonchev–Trinajstić information content (AvgIpc) is 2.87. The van der Waals surface area contributed by atoms with Gasteiger partial charge in [-0.1, -0.05) is 19.1 Å². The third-order valence-corrected chi connectivity index (χ3v) is 4.04. The number of thiophene rings is 1. The van der Waals surface area contributed by atoms with Crippen LogP contribution in [0.25, 0.3) is 0 Å². The van der Waals surface area contributed by atoms with Gasteiger partial charge in [0, 0.05) is 17.1 Å². The van der Waals surface area contributed by atoms with Gasteiger partial charge in [-0.05, 0) is 37.2 Å². The Bertz CT molecular complexity index is 622. The van der Waals surface area contributed by atoms with Crippen LogP contribution in [-0.4, -0.2) is 19.6 Å². The number of carbonyl (C=O) groups excluding carboxylic acids is 1. The molecule has 2 rings (SSSR count). The Morgan fingerprint density at radius 3 is 2.86 bits per heavy atom. The lowest BCUT2D eigenvalue weighted by Crippen LogP contribution is -2.13. The Hall–Kier alpha value is -1.85. The Labute approximate surface area is 129 Å². The number of aryl methyl sites for hydroxylation is 1. The molecule has 4 nitrogen and oxygen atoms in total. The topological polar surface area (TPSA) is 50.4 Å². The summed E-state index contributed by atoms with van der Waals surface area (Å²) in [5.74, 6) is 0.490. The van der Waals surface area contributed by atoms with E-state index in [2.05, 4.69) is 17.6 Å². The number of anilines is 1. The van der Waals surface area contributed by atoms with Crippen LogP contribution in [0, 0.1) is 6.92 Å². The first kappa shape index (κ1) is 15.5. The lowest BCUT2D eigenvalue weighted by Gasteiger charge is -2.08. The maximum atomic E-state index is 12.3. The van der Waals surface area contributed by atoms with Gasteiger partial charge in [0.15, 0.2) is 0 Å². The first-order chi connectivity index (χ1) is 10.1. The lowest BCUT2D eigenvalue weighted by molar-refractivity contribution is 0.102. The Kier molecular flexibility index (Phi) is 5.36. The minimum absolute atomic E-state index is 0.134. The van der Waals surface area contributed by atoms with Gasteiger partial charge in [0.1, 0.15) is 10.6 Å². The van der Waals surface area contributed by atoms with E-state index in [9.17, 15) is 4.79 Å². The van der Waals surface area contributed by atoms with Crippen LogP contribution in [0.2, 0.25) is 0 Å². The molecular formula is C16H20N2O2S. The highest BCUT2D eigenvalue weighted by atomic mass is 32.1. The van der Waals surface area contributed by atoms with Crippen molar-refractivity contribution in [2.24, 2.45) is 0 Å². The van der Waals surface area contributed by atoms with E-state index in [0.717, 1.165) is 29.2 Å². The monoisotopic (exact) mass is 304 g/mol. The van der Waals surface area contributed by atoms with Gasteiger partial charge in [-0.2, -0.15) is 0 Å². The number of hydrogen-bond donors (Lipinski definition) is 2. The van der Waals surface area contributed by atoms with E-state index in [1.807, 2.05) is 37.3 Å². The second kappa shape index (κ2) is 7.24. The molecule has 0 saturated heterocycles. The van der Waals surface area contributed by atoms with Gasteiger partial charge in [0.05, 0.1) is 7.11 Å². The maximum absolute atomic E-state index is 12.3. The van der Waals surface area contributed by atoms with Gasteiger partial charge in [-0.15, -0.1) is 11.3 Å². The molecule has 0 aliphatic heterocycles. The molecule has 5 heteroatoms. The molecule has 0 bridgehead atoms. The zero-order valence-electron chi connectivity index (χ0n) is 12.5. The molecule has 0 radical (unpaired) electrons. The van der Waals surface area contributed by atoms with Crippen molar-refractivity contribution in [3.05, 3.63) is 45.6 Å². The summed E-state index contributed by atoms with van der Waals surface area (Å²) in [6.45, 7) is 5.74. The number of carbonyl (C=O) groups is 1. The summed E-state index contributed by atoms with van der Waals surface area (Å²) in [4.78, 5) is 14.0. The summed E-state index contributed by atoms with van der Waals surface area (Å²) >= 11 is 1.43. The number of amides is 1. The molecule has 21 heavy (non-hydrogen) atoms. The van der Waals surface area contributed by atoms with Gasteiger partial charge in [0.25, 0.3) is 5.91 Å². The van der Waals surface area contributed by atoms with E-state index in [1.165, 1.54) is 11.3 Å². The smallest absolute Gasteiger partial charge is 0.269 e. The average molecular weight is 304 g/mol. The summed E-state index contributed by atoms with van der Waals surface area (Å²) in [6.07, 6.45) is 0. The molecule has 2 aromatic rings. The van der Waals surface area contributed by atoms with E-state index in [-0.39, 0.29) is 5.91 Å². The minimum atomic E-state index is -0.134. The third-order valence-electron chi connectivity index (χ3n) is 3.01. The zero-order valence-corrected chi connectivity index (χ0v) is 13.3. The SMILES string of the molecule is CCNCc1cccc(NC(=O)c2sc(C)cc2OC)c1. The first-order valence-electron chi connectivity index (χ1n) is 6.89. The largest absolute Gasteiger partial charge is 0.495 e. The Morgan fingerprint density at radius 2 is 2.14 bits per heavy atom. The number of benzene rings is 1. The number of methoxy groups -OCH3 is 1. The lowest BCUT2D eigenvalue weighted by atomic mass is 10.2. The van der Waals surface area contributed by atoms with Crippen molar-refractivity contribution in [1.29, 1.82) is 0 Å². The van der Waals surface area contributed by atoms with Crippen LogP contribution in [-0.2, 0) is 6.54 Å². The normalized spacial score (nSPS) is 10.4. The highest BCUT2D eigenvalue weighted by Crippen LogP contribution is 2.29. The van der Waals surface area contributed by atoms with Gasteiger partial charge in [-0.25, -0.2) is 0 Å². The number of nitrogens with one attached hydrogen (secondary N) is 2. The Balaban J connectivity index is 2.11. The summed E-state index contributed by atoms with van der Waals surface area (Å²) in [5, 5.41) is 6.19. The van der Waals surface area contributed by atoms with E-state index in [4.69, 9.17) is 4.74 Å². The quantitative estimate of drug-likeness (QED) is 0.859. The molecule has 1 heterocycles. The number of rotatable bonds is 6. The van der Waals surface area contributed by atoms with Crippen molar-refractivity contribution in [1.82, 2.24) is 5.32 Å². The minimum Gasteiger partial charge on any atom is -0.495 e. The van der Waals surface area contributed by atoms with Gasteiger partial charge in [-0.3, -0.25) is 4.79 Å². The molecule has 0 aliphatic rings. The standard InChI is InChI=1S/C16H20N2O2S/c1-4-17-10-12-6-5-7-13(9-12)18-16(19)15-14(20-3)8-11(2)21-15/h5-9,17H,4,10H2,1-3H3,(H,18,19). The molecule has 0 saturated carbocycles. The van der Waals surface area contributed by atoms with Gasteiger partial charge < -0.3 is 15.4 Å². The first-order valence-corrected chi connectivity index (χ1v) is 7.71. The van der Waals surface area contributed by atoms with Crippen molar-refractivity contribution >= 4 is 22.9 Å². The summed E-state index contributed by atoms with van der Waals surface area (Å²) in [6, 6.07) is 9.72. The zero-order chi connectivity index (χ0) is 15.2. The highest BCUT2D eigenvalue weighted by Gasteiger charge is 2.16. The highest BCUT2D eigenvalue weighted by molar-refractivity contribution is 7.14. The molecule has 2 N–H and O–H groups in total. The van der Waals surface area contributed by atoms with E-state index < -0.39 is 0 Å². The molecule has 112 valence electrons. The van der Waals surface area contributed by atoms with E-state index in [1.54, 1.807) is 7.11 Å². The molecule has 0 atom stereocenters. The molecule has 0 aliphatic carbocycles. The Morgan fingerprint density at radius 1 is 1.33 bits per heavy atom.